The summed E-state index contributed by atoms with van der Waals surface area (Å²) < 4.78 is 0.996. The molecule has 2 aromatic carbocycles. The number of aromatic nitrogens is 1. The third-order valence-corrected chi connectivity index (χ3v) is 5.39. The van der Waals surface area contributed by atoms with E-state index in [4.69, 9.17) is 0 Å². The second-order valence-corrected chi connectivity index (χ2v) is 7.28. The fourth-order valence-corrected chi connectivity index (χ4v) is 3.89. The van der Waals surface area contributed by atoms with E-state index < -0.39 is 0 Å². The molecular weight excluding hydrogens is 364 g/mol. The van der Waals surface area contributed by atoms with Gasteiger partial charge in [-0.05, 0) is 55.2 Å². The molecule has 1 saturated heterocycles. The van der Waals surface area contributed by atoms with E-state index >= 15 is 0 Å². The molecule has 3 aromatic rings. The molecule has 1 aliphatic rings. The SMILES string of the molecule is O=C(c1ccc(Br)cc1)N1CCCC1Cc1c[nH]c2ccccc12. The number of aromatic amines is 1. The highest BCUT2D eigenvalue weighted by Crippen LogP contribution is 2.27. The van der Waals surface area contributed by atoms with Crippen LogP contribution in [0.1, 0.15) is 28.8 Å². The molecule has 4 rings (SSSR count). The Hall–Kier alpha value is -2.07. The first kappa shape index (κ1) is 15.5. The summed E-state index contributed by atoms with van der Waals surface area (Å²) in [7, 11) is 0. The molecule has 0 aliphatic carbocycles. The summed E-state index contributed by atoms with van der Waals surface area (Å²) in [4.78, 5) is 18.2. The zero-order chi connectivity index (χ0) is 16.5. The first-order valence-electron chi connectivity index (χ1n) is 8.34. The number of H-pyrrole nitrogens is 1. The minimum atomic E-state index is 0.143. The Bertz CT molecular complexity index is 869. The van der Waals surface area contributed by atoms with Crippen LogP contribution in [0.3, 0.4) is 0 Å². The van der Waals surface area contributed by atoms with Crippen LogP contribution in [-0.4, -0.2) is 28.4 Å². The molecule has 1 atom stereocenters. The zero-order valence-corrected chi connectivity index (χ0v) is 14.9. The van der Waals surface area contributed by atoms with Crippen LogP contribution in [0.4, 0.5) is 0 Å². The maximum atomic E-state index is 12.9. The number of nitrogens with one attached hydrogen (secondary N) is 1. The van der Waals surface area contributed by atoms with Crippen molar-refractivity contribution in [2.75, 3.05) is 6.54 Å². The Kier molecular flexibility index (Phi) is 4.15. The first-order chi connectivity index (χ1) is 11.7. The Morgan fingerprint density at radius 1 is 1.17 bits per heavy atom. The van der Waals surface area contributed by atoms with Gasteiger partial charge in [0.25, 0.3) is 5.91 Å². The summed E-state index contributed by atoms with van der Waals surface area (Å²) in [5.74, 6) is 0.143. The maximum absolute atomic E-state index is 12.9. The molecule has 1 aliphatic heterocycles. The molecule has 2 heterocycles. The smallest absolute Gasteiger partial charge is 0.254 e. The van der Waals surface area contributed by atoms with Crippen LogP contribution in [-0.2, 0) is 6.42 Å². The summed E-state index contributed by atoms with van der Waals surface area (Å²) in [5.41, 5.74) is 3.23. The first-order valence-corrected chi connectivity index (χ1v) is 9.13. The molecule has 4 heteroatoms. The number of carbonyl (C=O) groups excluding carboxylic acids is 1. The average molecular weight is 383 g/mol. The number of para-hydroxylation sites is 1. The molecule has 122 valence electrons. The number of hydrogen-bond acceptors (Lipinski definition) is 1. The standard InChI is InChI=1S/C20H19BrN2O/c21-16-9-7-14(8-10-16)20(24)23-11-3-4-17(23)12-15-13-22-19-6-2-1-5-18(15)19/h1-2,5-10,13,17,22H,3-4,11-12H2. The number of likely N-dealkylation sites (tertiary alicyclic amines) is 1. The van der Waals surface area contributed by atoms with Crippen molar-refractivity contribution < 1.29 is 4.79 Å². The van der Waals surface area contributed by atoms with Gasteiger partial charge in [-0.15, -0.1) is 0 Å². The van der Waals surface area contributed by atoms with Gasteiger partial charge in [-0.2, -0.15) is 0 Å². The topological polar surface area (TPSA) is 36.1 Å². The Morgan fingerprint density at radius 2 is 1.96 bits per heavy atom. The highest BCUT2D eigenvalue weighted by Gasteiger charge is 2.29. The minimum absolute atomic E-state index is 0.143. The fourth-order valence-electron chi connectivity index (χ4n) is 3.63. The lowest BCUT2D eigenvalue weighted by Crippen LogP contribution is -2.36. The molecule has 0 bridgehead atoms. The summed E-state index contributed by atoms with van der Waals surface area (Å²) in [6, 6.07) is 16.3. The second-order valence-electron chi connectivity index (χ2n) is 6.37. The maximum Gasteiger partial charge on any atom is 0.254 e. The Morgan fingerprint density at radius 3 is 2.79 bits per heavy atom. The molecule has 24 heavy (non-hydrogen) atoms. The predicted octanol–water partition coefficient (Wildman–Crippen LogP) is 4.78. The number of hydrogen-bond donors (Lipinski definition) is 1. The van der Waals surface area contributed by atoms with E-state index in [9.17, 15) is 4.79 Å². The van der Waals surface area contributed by atoms with E-state index in [-0.39, 0.29) is 11.9 Å². The van der Waals surface area contributed by atoms with Crippen molar-refractivity contribution in [3.05, 3.63) is 70.3 Å². The van der Waals surface area contributed by atoms with E-state index in [1.54, 1.807) is 0 Å². The van der Waals surface area contributed by atoms with Crippen molar-refractivity contribution in [3.63, 3.8) is 0 Å². The van der Waals surface area contributed by atoms with Gasteiger partial charge in [0.05, 0.1) is 0 Å². The number of benzene rings is 2. The van der Waals surface area contributed by atoms with E-state index in [1.165, 1.54) is 10.9 Å². The second kappa shape index (κ2) is 6.44. The zero-order valence-electron chi connectivity index (χ0n) is 13.3. The lowest BCUT2D eigenvalue weighted by molar-refractivity contribution is 0.0736. The number of amides is 1. The summed E-state index contributed by atoms with van der Waals surface area (Å²) >= 11 is 3.42. The van der Waals surface area contributed by atoms with Gasteiger partial charge in [0, 0.05) is 39.7 Å². The van der Waals surface area contributed by atoms with Gasteiger partial charge in [0.15, 0.2) is 0 Å². The lowest BCUT2D eigenvalue weighted by atomic mass is 10.0. The molecule has 0 spiro atoms. The van der Waals surface area contributed by atoms with Crippen molar-refractivity contribution in [2.24, 2.45) is 0 Å². The molecule has 0 radical (unpaired) electrons. The number of rotatable bonds is 3. The predicted molar refractivity (Wildman–Crippen MR) is 100 cm³/mol. The molecular formula is C20H19BrN2O. The van der Waals surface area contributed by atoms with Gasteiger partial charge in [0.1, 0.15) is 0 Å². The molecule has 3 nitrogen and oxygen atoms in total. The van der Waals surface area contributed by atoms with E-state index in [2.05, 4.69) is 45.3 Å². The molecule has 1 aromatic heterocycles. The fraction of sp³-hybridized carbons (Fsp3) is 0.250. The van der Waals surface area contributed by atoms with Gasteiger partial charge in [0.2, 0.25) is 0 Å². The largest absolute Gasteiger partial charge is 0.361 e. The van der Waals surface area contributed by atoms with Gasteiger partial charge < -0.3 is 9.88 Å². The monoisotopic (exact) mass is 382 g/mol. The van der Waals surface area contributed by atoms with Gasteiger partial charge in [-0.1, -0.05) is 34.1 Å². The molecule has 0 saturated carbocycles. The Balaban J connectivity index is 1.56. The van der Waals surface area contributed by atoms with E-state index in [0.29, 0.717) is 0 Å². The van der Waals surface area contributed by atoms with Crippen LogP contribution in [0.5, 0.6) is 0 Å². The van der Waals surface area contributed by atoms with E-state index in [0.717, 1.165) is 41.4 Å². The lowest BCUT2D eigenvalue weighted by Gasteiger charge is -2.25. The minimum Gasteiger partial charge on any atom is -0.361 e. The van der Waals surface area contributed by atoms with Crippen molar-refractivity contribution in [3.8, 4) is 0 Å². The van der Waals surface area contributed by atoms with Crippen LogP contribution in [0.15, 0.2) is 59.2 Å². The quantitative estimate of drug-likeness (QED) is 0.695. The van der Waals surface area contributed by atoms with Crippen LogP contribution in [0.25, 0.3) is 10.9 Å². The van der Waals surface area contributed by atoms with Crippen LogP contribution >= 0.6 is 15.9 Å². The van der Waals surface area contributed by atoms with E-state index in [1.807, 2.05) is 35.2 Å². The summed E-state index contributed by atoms with van der Waals surface area (Å²) in [5, 5.41) is 1.26. The van der Waals surface area contributed by atoms with Crippen molar-refractivity contribution in [1.82, 2.24) is 9.88 Å². The molecule has 1 N–H and O–H groups in total. The molecule has 1 amide bonds. The highest BCUT2D eigenvalue weighted by molar-refractivity contribution is 9.10. The van der Waals surface area contributed by atoms with Crippen LogP contribution in [0.2, 0.25) is 0 Å². The number of halogens is 1. The number of nitrogens with zero attached hydrogens (tertiary/aromatic N) is 1. The molecule has 1 unspecified atom stereocenters. The van der Waals surface area contributed by atoms with Crippen molar-refractivity contribution in [1.29, 1.82) is 0 Å². The van der Waals surface area contributed by atoms with Gasteiger partial charge in [-0.3, -0.25) is 4.79 Å². The normalized spacial score (nSPS) is 17.5. The van der Waals surface area contributed by atoms with Gasteiger partial charge >= 0.3 is 0 Å². The van der Waals surface area contributed by atoms with Crippen LogP contribution in [0, 0.1) is 0 Å². The summed E-state index contributed by atoms with van der Waals surface area (Å²) in [6.45, 7) is 0.849. The number of fused-ring (bicyclic) bond motifs is 1. The van der Waals surface area contributed by atoms with Crippen LogP contribution < -0.4 is 0 Å². The van der Waals surface area contributed by atoms with Gasteiger partial charge in [-0.25, -0.2) is 0 Å². The molecule has 1 fully saturated rings. The summed E-state index contributed by atoms with van der Waals surface area (Å²) in [6.07, 6.45) is 5.15. The highest BCUT2D eigenvalue weighted by atomic mass is 79.9. The van der Waals surface area contributed by atoms with Crippen molar-refractivity contribution in [2.45, 2.75) is 25.3 Å². The third-order valence-electron chi connectivity index (χ3n) is 4.86. The third kappa shape index (κ3) is 2.86. The Labute approximate surface area is 149 Å². The average Bonchev–Trinajstić information content (AvgIpc) is 3.23. The van der Waals surface area contributed by atoms with Crippen molar-refractivity contribution >= 4 is 32.7 Å². The number of carbonyl (C=O) groups is 1.